The predicted molar refractivity (Wildman–Crippen MR) is 76.3 cm³/mol. The molecule has 0 amide bonds. The quantitative estimate of drug-likeness (QED) is 0.611. The maximum atomic E-state index is 13.0. The minimum atomic E-state index is -5.26. The lowest BCUT2D eigenvalue weighted by Crippen LogP contribution is -2.20. The van der Waals surface area contributed by atoms with Crippen LogP contribution in [0.1, 0.15) is 25.5 Å². The highest BCUT2D eigenvalue weighted by molar-refractivity contribution is 9.10. The van der Waals surface area contributed by atoms with Crippen molar-refractivity contribution in [2.24, 2.45) is 0 Å². The molecule has 0 spiro atoms. The first-order valence-corrected chi connectivity index (χ1v) is 7.43. The van der Waals surface area contributed by atoms with Crippen LogP contribution in [-0.2, 0) is 6.18 Å². The summed E-state index contributed by atoms with van der Waals surface area (Å²) < 4.78 is 85.9. The van der Waals surface area contributed by atoms with E-state index in [-0.39, 0.29) is 22.5 Å². The normalized spacial score (nSPS) is 12.6. The van der Waals surface area contributed by atoms with E-state index in [0.29, 0.717) is 12.1 Å². The first-order chi connectivity index (χ1) is 11.4. The first-order valence-electron chi connectivity index (χ1n) is 6.63. The van der Waals surface area contributed by atoms with Crippen LogP contribution in [0.3, 0.4) is 0 Å². The van der Waals surface area contributed by atoms with Gasteiger partial charge in [0, 0.05) is 0 Å². The molecule has 5 nitrogen and oxygen atoms in total. The van der Waals surface area contributed by atoms with Gasteiger partial charge in [0.1, 0.15) is 17.1 Å². The zero-order chi connectivity index (χ0) is 19.0. The molecule has 1 heterocycles. The van der Waals surface area contributed by atoms with Crippen molar-refractivity contribution in [2.75, 3.05) is 0 Å². The molecule has 1 aromatic carbocycles. The van der Waals surface area contributed by atoms with Crippen molar-refractivity contribution in [1.82, 2.24) is 14.8 Å². The number of hydrogen-bond acceptors (Lipinski definition) is 4. The third kappa shape index (κ3) is 5.00. The van der Waals surface area contributed by atoms with Crippen molar-refractivity contribution in [2.45, 2.75) is 32.4 Å². The standard InChI is InChI=1S/C13H10BrF6N3O2/c1-6(2)23-11(21-10(14)22-23)24-7-3-4-9(25-13(18,19)20)8(5-7)12(15,16)17/h3-6H,1-2H3. The second kappa shape index (κ2) is 6.73. The van der Waals surface area contributed by atoms with Gasteiger partial charge < -0.3 is 9.47 Å². The van der Waals surface area contributed by atoms with Gasteiger partial charge >= 0.3 is 18.5 Å². The summed E-state index contributed by atoms with van der Waals surface area (Å²) in [7, 11) is 0. The molecule has 25 heavy (non-hydrogen) atoms. The Morgan fingerprint density at radius 3 is 2.28 bits per heavy atom. The van der Waals surface area contributed by atoms with Gasteiger partial charge in [0.2, 0.25) is 4.73 Å². The lowest BCUT2D eigenvalue weighted by molar-refractivity contribution is -0.276. The summed E-state index contributed by atoms with van der Waals surface area (Å²) in [6, 6.07) is 1.48. The van der Waals surface area contributed by atoms with Crippen LogP contribution in [0.25, 0.3) is 0 Å². The smallest absolute Gasteiger partial charge is 0.424 e. The van der Waals surface area contributed by atoms with Crippen molar-refractivity contribution in [1.29, 1.82) is 0 Å². The van der Waals surface area contributed by atoms with Crippen LogP contribution in [0.2, 0.25) is 0 Å². The minimum absolute atomic E-state index is 0.125. The Morgan fingerprint density at radius 2 is 1.76 bits per heavy atom. The van der Waals surface area contributed by atoms with Gasteiger partial charge in [-0.2, -0.15) is 18.2 Å². The lowest BCUT2D eigenvalue weighted by Gasteiger charge is -2.16. The summed E-state index contributed by atoms with van der Waals surface area (Å²) in [5.74, 6) is -1.75. The molecule has 0 unspecified atom stereocenters. The van der Waals surface area contributed by atoms with Gasteiger partial charge in [-0.25, -0.2) is 4.68 Å². The van der Waals surface area contributed by atoms with Gasteiger partial charge in [0.05, 0.1) is 6.04 Å². The molecule has 0 saturated carbocycles. The molecule has 2 aromatic rings. The summed E-state index contributed by atoms with van der Waals surface area (Å²) in [5.41, 5.74) is -1.63. The number of ether oxygens (including phenoxy) is 2. The van der Waals surface area contributed by atoms with Crippen molar-refractivity contribution in [3.63, 3.8) is 0 Å². The molecule has 12 heteroatoms. The maximum Gasteiger partial charge on any atom is 0.573 e. The Kier molecular flexibility index (Phi) is 5.21. The fraction of sp³-hybridized carbons (Fsp3) is 0.385. The van der Waals surface area contributed by atoms with Crippen molar-refractivity contribution < 1.29 is 35.8 Å². The van der Waals surface area contributed by atoms with Crippen LogP contribution in [0.5, 0.6) is 17.5 Å². The highest BCUT2D eigenvalue weighted by Crippen LogP contribution is 2.41. The van der Waals surface area contributed by atoms with Gasteiger partial charge in [-0.1, -0.05) is 0 Å². The van der Waals surface area contributed by atoms with Crippen molar-refractivity contribution in [3.05, 3.63) is 28.5 Å². The number of benzene rings is 1. The van der Waals surface area contributed by atoms with E-state index in [1.54, 1.807) is 13.8 Å². The van der Waals surface area contributed by atoms with Crippen molar-refractivity contribution >= 4 is 15.9 Å². The third-order valence-corrected chi connectivity index (χ3v) is 3.09. The highest BCUT2D eigenvalue weighted by atomic mass is 79.9. The third-order valence-electron chi connectivity index (χ3n) is 2.75. The summed E-state index contributed by atoms with van der Waals surface area (Å²) in [6.07, 6.45) is -10.3. The van der Waals surface area contributed by atoms with E-state index in [1.807, 2.05) is 0 Å². The van der Waals surface area contributed by atoms with Gasteiger partial charge in [-0.05, 0) is 48.0 Å². The van der Waals surface area contributed by atoms with Crippen LogP contribution >= 0.6 is 15.9 Å². The van der Waals surface area contributed by atoms with Crippen molar-refractivity contribution in [3.8, 4) is 17.5 Å². The van der Waals surface area contributed by atoms with E-state index in [9.17, 15) is 26.3 Å². The summed E-state index contributed by atoms with van der Waals surface area (Å²) >= 11 is 3.01. The Balaban J connectivity index is 2.41. The molecule has 0 bridgehead atoms. The SMILES string of the molecule is CC(C)n1nc(Br)nc1Oc1ccc(OC(F)(F)F)c(C(F)(F)F)c1. The molecule has 0 atom stereocenters. The molecular formula is C13H10BrF6N3O2. The lowest BCUT2D eigenvalue weighted by atomic mass is 10.2. The van der Waals surface area contributed by atoms with E-state index in [1.165, 1.54) is 4.68 Å². The number of halogens is 7. The molecule has 138 valence electrons. The van der Waals surface area contributed by atoms with E-state index in [0.717, 1.165) is 6.07 Å². The molecule has 0 aliphatic heterocycles. The number of rotatable bonds is 4. The molecule has 0 saturated heterocycles. The molecule has 2 rings (SSSR count). The van der Waals surface area contributed by atoms with E-state index < -0.39 is 23.9 Å². The van der Waals surface area contributed by atoms with Crippen LogP contribution in [0.4, 0.5) is 26.3 Å². The second-order valence-electron chi connectivity index (χ2n) is 5.01. The van der Waals surface area contributed by atoms with E-state index in [2.05, 4.69) is 30.7 Å². The zero-order valence-corrected chi connectivity index (χ0v) is 14.2. The highest BCUT2D eigenvalue weighted by Gasteiger charge is 2.39. The minimum Gasteiger partial charge on any atom is -0.424 e. The van der Waals surface area contributed by atoms with Crippen LogP contribution in [-0.4, -0.2) is 21.1 Å². The molecular weight excluding hydrogens is 424 g/mol. The van der Waals surface area contributed by atoms with Gasteiger partial charge in [0.25, 0.3) is 0 Å². The summed E-state index contributed by atoms with van der Waals surface area (Å²) in [6.45, 7) is 3.46. The fourth-order valence-corrected chi connectivity index (χ4v) is 2.13. The molecule has 0 aliphatic rings. The average Bonchev–Trinajstić information content (AvgIpc) is 2.78. The largest absolute Gasteiger partial charge is 0.573 e. The monoisotopic (exact) mass is 433 g/mol. The molecule has 0 aliphatic carbocycles. The summed E-state index contributed by atoms with van der Waals surface area (Å²) in [5, 5.41) is 3.95. The molecule has 0 N–H and O–H groups in total. The number of hydrogen-bond donors (Lipinski definition) is 0. The Labute approximate surface area is 145 Å². The average molecular weight is 434 g/mol. The Morgan fingerprint density at radius 1 is 1.12 bits per heavy atom. The van der Waals surface area contributed by atoms with E-state index in [4.69, 9.17) is 4.74 Å². The fourth-order valence-electron chi connectivity index (χ4n) is 1.80. The number of aromatic nitrogens is 3. The first kappa shape index (κ1) is 19.3. The van der Waals surface area contributed by atoms with Crippen LogP contribution in [0, 0.1) is 0 Å². The van der Waals surface area contributed by atoms with Gasteiger partial charge in [-0.3, -0.25) is 0 Å². The topological polar surface area (TPSA) is 49.2 Å². The number of alkyl halides is 6. The predicted octanol–water partition coefficient (Wildman–Crippen LogP) is 5.33. The molecule has 0 radical (unpaired) electrons. The van der Waals surface area contributed by atoms with Gasteiger partial charge in [-0.15, -0.1) is 18.3 Å². The molecule has 1 aromatic heterocycles. The van der Waals surface area contributed by atoms with Crippen LogP contribution in [0.15, 0.2) is 22.9 Å². The molecule has 0 fully saturated rings. The zero-order valence-electron chi connectivity index (χ0n) is 12.6. The van der Waals surface area contributed by atoms with Gasteiger partial charge in [0.15, 0.2) is 0 Å². The maximum absolute atomic E-state index is 13.0. The Bertz CT molecular complexity index is 757. The second-order valence-corrected chi connectivity index (χ2v) is 5.72. The summed E-state index contributed by atoms with van der Waals surface area (Å²) in [4.78, 5) is 3.85. The van der Waals surface area contributed by atoms with Crippen LogP contribution < -0.4 is 9.47 Å². The Hall–Kier alpha value is -1.98. The van der Waals surface area contributed by atoms with E-state index >= 15 is 0 Å². The number of nitrogens with zero attached hydrogens (tertiary/aromatic N) is 3.